The fourth-order valence-electron chi connectivity index (χ4n) is 2.75. The maximum Gasteiger partial charge on any atom is 0.0625 e. The summed E-state index contributed by atoms with van der Waals surface area (Å²) in [6.07, 6.45) is 5.06. The lowest BCUT2D eigenvalue weighted by molar-refractivity contribution is 0.330. The Hall–Kier alpha value is -0.870. The quantitative estimate of drug-likeness (QED) is 0.729. The van der Waals surface area contributed by atoms with Gasteiger partial charge in [0.25, 0.3) is 0 Å². The molecule has 1 aromatic heterocycles. The van der Waals surface area contributed by atoms with Crippen LogP contribution >= 0.6 is 0 Å². The Morgan fingerprint density at radius 2 is 2.05 bits per heavy atom. The van der Waals surface area contributed by atoms with Crippen molar-refractivity contribution in [2.45, 2.75) is 52.6 Å². The van der Waals surface area contributed by atoms with Gasteiger partial charge in [-0.05, 0) is 64.9 Å². The van der Waals surface area contributed by atoms with E-state index in [1.54, 1.807) is 0 Å². The van der Waals surface area contributed by atoms with Gasteiger partial charge < -0.3 is 10.2 Å². The lowest BCUT2D eigenvalue weighted by atomic mass is 10.3. The van der Waals surface area contributed by atoms with Crippen molar-refractivity contribution in [2.24, 2.45) is 0 Å². The number of aryl methyl sites for hydroxylation is 2. The van der Waals surface area contributed by atoms with E-state index in [4.69, 9.17) is 0 Å². The van der Waals surface area contributed by atoms with Gasteiger partial charge in [0.1, 0.15) is 0 Å². The van der Waals surface area contributed by atoms with Crippen LogP contribution in [0, 0.1) is 0 Å². The lowest BCUT2D eigenvalue weighted by Crippen LogP contribution is -2.25. The van der Waals surface area contributed by atoms with Gasteiger partial charge in [-0.2, -0.15) is 5.10 Å². The van der Waals surface area contributed by atoms with Crippen molar-refractivity contribution in [1.29, 1.82) is 0 Å². The molecule has 0 saturated carbocycles. The minimum atomic E-state index is 0.945. The van der Waals surface area contributed by atoms with Gasteiger partial charge in [0.05, 0.1) is 11.4 Å². The number of hydrogen-bond donors (Lipinski definition) is 1. The van der Waals surface area contributed by atoms with Crippen LogP contribution in [-0.4, -0.2) is 40.9 Å². The molecule has 0 atom stereocenters. The summed E-state index contributed by atoms with van der Waals surface area (Å²) in [5.74, 6) is 0. The van der Waals surface area contributed by atoms with Crippen molar-refractivity contribution in [2.75, 3.05) is 26.2 Å². The molecular weight excluding hydrogens is 236 g/mol. The molecule has 0 spiro atoms. The third kappa shape index (κ3) is 4.32. The summed E-state index contributed by atoms with van der Waals surface area (Å²) >= 11 is 0. The summed E-state index contributed by atoms with van der Waals surface area (Å²) in [4.78, 5) is 2.58. The largest absolute Gasteiger partial charge is 0.311 e. The third-order valence-electron chi connectivity index (χ3n) is 3.91. The zero-order valence-corrected chi connectivity index (χ0v) is 12.5. The molecule has 19 heavy (non-hydrogen) atoms. The smallest absolute Gasteiger partial charge is 0.0625 e. The van der Waals surface area contributed by atoms with E-state index < -0.39 is 0 Å². The summed E-state index contributed by atoms with van der Waals surface area (Å²) in [5.41, 5.74) is 2.52. The molecule has 1 aliphatic heterocycles. The zero-order valence-electron chi connectivity index (χ0n) is 12.5. The Kier molecular flexibility index (Phi) is 5.86. The minimum absolute atomic E-state index is 0.945. The van der Waals surface area contributed by atoms with Crippen LogP contribution in [0.15, 0.2) is 6.07 Å². The first kappa shape index (κ1) is 14.5. The molecule has 108 valence electrons. The second kappa shape index (κ2) is 7.65. The highest BCUT2D eigenvalue weighted by atomic mass is 15.3. The number of likely N-dealkylation sites (tertiary alicyclic amines) is 1. The maximum atomic E-state index is 4.58. The SMILES string of the molecule is CCc1cc(CNCCCN2CCCC2)n(CC)n1. The van der Waals surface area contributed by atoms with E-state index in [1.807, 2.05) is 0 Å². The van der Waals surface area contributed by atoms with Crippen LogP contribution in [0.3, 0.4) is 0 Å². The predicted molar refractivity (Wildman–Crippen MR) is 79.3 cm³/mol. The molecule has 4 heteroatoms. The predicted octanol–water partition coefficient (Wildman–Crippen LogP) is 2.04. The van der Waals surface area contributed by atoms with Gasteiger partial charge in [0, 0.05) is 13.1 Å². The van der Waals surface area contributed by atoms with Crippen molar-refractivity contribution in [3.05, 3.63) is 17.5 Å². The number of rotatable bonds is 8. The summed E-state index contributed by atoms with van der Waals surface area (Å²) in [6, 6.07) is 2.23. The average molecular weight is 264 g/mol. The molecule has 1 saturated heterocycles. The third-order valence-corrected chi connectivity index (χ3v) is 3.91. The summed E-state index contributed by atoms with van der Waals surface area (Å²) in [6.45, 7) is 11.2. The molecule has 2 heterocycles. The summed E-state index contributed by atoms with van der Waals surface area (Å²) < 4.78 is 2.12. The molecule has 4 nitrogen and oxygen atoms in total. The van der Waals surface area contributed by atoms with Gasteiger partial charge in [0.2, 0.25) is 0 Å². The topological polar surface area (TPSA) is 33.1 Å². The van der Waals surface area contributed by atoms with E-state index in [0.29, 0.717) is 0 Å². The van der Waals surface area contributed by atoms with Crippen LogP contribution in [-0.2, 0) is 19.5 Å². The molecule has 1 aromatic rings. The van der Waals surface area contributed by atoms with Gasteiger partial charge in [0.15, 0.2) is 0 Å². The Balaban J connectivity index is 1.65. The Morgan fingerprint density at radius 3 is 2.74 bits per heavy atom. The van der Waals surface area contributed by atoms with Crippen molar-refractivity contribution in [3.8, 4) is 0 Å². The first-order chi connectivity index (χ1) is 9.33. The van der Waals surface area contributed by atoms with Crippen LogP contribution < -0.4 is 5.32 Å². The highest BCUT2D eigenvalue weighted by molar-refractivity contribution is 5.10. The summed E-state index contributed by atoms with van der Waals surface area (Å²) in [7, 11) is 0. The second-order valence-corrected chi connectivity index (χ2v) is 5.38. The highest BCUT2D eigenvalue weighted by Crippen LogP contribution is 2.07. The van der Waals surface area contributed by atoms with Gasteiger partial charge in [-0.1, -0.05) is 6.92 Å². The molecule has 0 bridgehead atoms. The Labute approximate surface area is 117 Å². The fraction of sp³-hybridized carbons (Fsp3) is 0.800. The van der Waals surface area contributed by atoms with E-state index in [2.05, 4.69) is 39.9 Å². The van der Waals surface area contributed by atoms with Gasteiger partial charge >= 0.3 is 0 Å². The van der Waals surface area contributed by atoms with Crippen LogP contribution in [0.4, 0.5) is 0 Å². The molecule has 1 fully saturated rings. The first-order valence-electron chi connectivity index (χ1n) is 7.82. The second-order valence-electron chi connectivity index (χ2n) is 5.38. The molecule has 0 unspecified atom stereocenters. The molecule has 0 aromatic carbocycles. The van der Waals surface area contributed by atoms with Crippen LogP contribution in [0.5, 0.6) is 0 Å². The zero-order chi connectivity index (χ0) is 13.5. The average Bonchev–Trinajstić information content (AvgIpc) is 3.07. The molecule has 0 amide bonds. The molecule has 2 rings (SSSR count). The molecule has 0 radical (unpaired) electrons. The first-order valence-corrected chi connectivity index (χ1v) is 7.82. The molecule has 0 aliphatic carbocycles. The maximum absolute atomic E-state index is 4.58. The number of aromatic nitrogens is 2. The lowest BCUT2D eigenvalue weighted by Gasteiger charge is -2.14. The van der Waals surface area contributed by atoms with Crippen LogP contribution in [0.2, 0.25) is 0 Å². The standard InChI is InChI=1S/C15H28N4/c1-3-14-12-15(19(4-2)17-14)13-16-8-7-11-18-9-5-6-10-18/h12,16H,3-11,13H2,1-2H3. The van der Waals surface area contributed by atoms with Gasteiger partial charge in [-0.25, -0.2) is 0 Å². The fourth-order valence-corrected chi connectivity index (χ4v) is 2.75. The monoisotopic (exact) mass is 264 g/mol. The summed E-state index contributed by atoms with van der Waals surface area (Å²) in [5, 5.41) is 8.13. The minimum Gasteiger partial charge on any atom is -0.311 e. The van der Waals surface area contributed by atoms with Crippen LogP contribution in [0.1, 0.15) is 44.5 Å². The van der Waals surface area contributed by atoms with Crippen molar-refractivity contribution in [1.82, 2.24) is 20.0 Å². The number of nitrogens with one attached hydrogen (secondary N) is 1. The van der Waals surface area contributed by atoms with Crippen molar-refractivity contribution < 1.29 is 0 Å². The normalized spacial score (nSPS) is 16.3. The van der Waals surface area contributed by atoms with Gasteiger partial charge in [-0.3, -0.25) is 4.68 Å². The molecule has 1 N–H and O–H groups in total. The van der Waals surface area contributed by atoms with Crippen molar-refractivity contribution in [3.63, 3.8) is 0 Å². The highest BCUT2D eigenvalue weighted by Gasteiger charge is 2.10. The molecular formula is C15H28N4. The van der Waals surface area contributed by atoms with Crippen LogP contribution in [0.25, 0.3) is 0 Å². The van der Waals surface area contributed by atoms with Gasteiger partial charge in [-0.15, -0.1) is 0 Å². The van der Waals surface area contributed by atoms with Crippen molar-refractivity contribution >= 4 is 0 Å². The van der Waals surface area contributed by atoms with E-state index in [1.165, 1.54) is 50.3 Å². The van der Waals surface area contributed by atoms with E-state index >= 15 is 0 Å². The van der Waals surface area contributed by atoms with E-state index in [0.717, 1.165) is 26.1 Å². The molecule has 1 aliphatic rings. The number of nitrogens with zero attached hydrogens (tertiary/aromatic N) is 3. The Morgan fingerprint density at radius 1 is 1.26 bits per heavy atom. The Bertz CT molecular complexity index is 366. The number of hydrogen-bond acceptors (Lipinski definition) is 3. The van der Waals surface area contributed by atoms with E-state index in [9.17, 15) is 0 Å². The van der Waals surface area contributed by atoms with E-state index in [-0.39, 0.29) is 0 Å².